The van der Waals surface area contributed by atoms with E-state index in [2.05, 4.69) is 5.92 Å². The lowest BCUT2D eigenvalue weighted by atomic mass is 10.1. The molecule has 0 aliphatic carbocycles. The zero-order chi connectivity index (χ0) is 6.41. The lowest BCUT2D eigenvalue weighted by molar-refractivity contribution is 0.848. The molecule has 0 atom stereocenters. The van der Waals surface area contributed by atoms with Gasteiger partial charge in [-0.3, -0.25) is 0 Å². The topological polar surface area (TPSA) is 0 Å². The molecular weight excluding hydrogens is 96.1 g/mol. The van der Waals surface area contributed by atoms with Gasteiger partial charge in [-0.2, -0.15) is 0 Å². The van der Waals surface area contributed by atoms with Crippen LogP contribution in [0.2, 0.25) is 0 Å². The molecule has 0 heterocycles. The first-order valence-electron chi connectivity index (χ1n) is 2.78. The minimum Gasteiger partial charge on any atom is -0.120 e. The van der Waals surface area contributed by atoms with Crippen LogP contribution in [0.3, 0.4) is 0 Å². The third kappa shape index (κ3) is 5.30. The maximum absolute atomic E-state index is 5.38. The highest BCUT2D eigenvalue weighted by Crippen LogP contribution is 2.01. The van der Waals surface area contributed by atoms with E-state index in [0.29, 0.717) is 0 Å². The summed E-state index contributed by atoms with van der Waals surface area (Å²) in [6.07, 6.45) is 7.85. The summed E-state index contributed by atoms with van der Waals surface area (Å²) in [6, 6.07) is 0. The standard InChI is InChI=1S/C8H11/c1-4-5-6-7-8(2)3/h1-2H,5-7H2,3H3. The molecule has 1 radical (unpaired) electrons. The van der Waals surface area contributed by atoms with E-state index in [1.165, 1.54) is 0 Å². The predicted molar refractivity (Wildman–Crippen MR) is 36.2 cm³/mol. The molecule has 8 heavy (non-hydrogen) atoms. The average molecular weight is 107 g/mol. The Morgan fingerprint density at radius 2 is 2.25 bits per heavy atom. The first-order valence-corrected chi connectivity index (χ1v) is 2.78. The first kappa shape index (κ1) is 7.30. The fraction of sp³-hybridized carbons (Fsp3) is 0.500. The fourth-order valence-electron chi connectivity index (χ4n) is 0.469. The number of rotatable bonds is 3. The van der Waals surface area contributed by atoms with Gasteiger partial charge >= 0.3 is 0 Å². The third-order valence-electron chi connectivity index (χ3n) is 0.892. The summed E-state index contributed by atoms with van der Waals surface area (Å²) >= 11 is 0. The van der Waals surface area contributed by atoms with Gasteiger partial charge in [-0.05, 0) is 19.8 Å². The zero-order valence-electron chi connectivity index (χ0n) is 5.28. The molecule has 0 aromatic rings. The normalized spacial score (nSPS) is 8.00. The van der Waals surface area contributed by atoms with Crippen molar-refractivity contribution >= 4 is 0 Å². The van der Waals surface area contributed by atoms with Gasteiger partial charge in [-0.1, -0.05) is 12.2 Å². The number of terminal acetylenes is 1. The van der Waals surface area contributed by atoms with Gasteiger partial charge in [0, 0.05) is 6.42 Å². The molecule has 43 valence electrons. The van der Waals surface area contributed by atoms with E-state index in [1.807, 2.05) is 6.92 Å². The summed E-state index contributed by atoms with van der Waals surface area (Å²) in [5.74, 6) is 2.55. The smallest absolute Gasteiger partial charge is 0.00891 e. The van der Waals surface area contributed by atoms with Crippen molar-refractivity contribution in [3.63, 3.8) is 0 Å². The van der Waals surface area contributed by atoms with Gasteiger partial charge in [0.2, 0.25) is 0 Å². The van der Waals surface area contributed by atoms with E-state index < -0.39 is 0 Å². The largest absolute Gasteiger partial charge is 0.120 e. The summed E-state index contributed by atoms with van der Waals surface area (Å²) in [6.45, 7) is 7.29. The van der Waals surface area contributed by atoms with Gasteiger partial charge in [-0.25, -0.2) is 0 Å². The van der Waals surface area contributed by atoms with Crippen LogP contribution in [0.1, 0.15) is 26.2 Å². The van der Waals surface area contributed by atoms with Crippen molar-refractivity contribution in [2.24, 2.45) is 0 Å². The molecule has 0 spiro atoms. The molecule has 0 N–H and O–H groups in total. The van der Waals surface area contributed by atoms with E-state index in [4.69, 9.17) is 13.0 Å². The van der Waals surface area contributed by atoms with Crippen molar-refractivity contribution in [3.05, 3.63) is 12.2 Å². The minimum absolute atomic E-state index is 0.842. The highest BCUT2D eigenvalue weighted by atomic mass is 13.9. The fourth-order valence-corrected chi connectivity index (χ4v) is 0.469. The maximum Gasteiger partial charge on any atom is 0.00891 e. The molecule has 0 amide bonds. The van der Waals surface area contributed by atoms with Crippen LogP contribution in [0.4, 0.5) is 0 Å². The van der Waals surface area contributed by atoms with E-state index in [1.54, 1.807) is 0 Å². The van der Waals surface area contributed by atoms with Crippen LogP contribution in [-0.2, 0) is 0 Å². The van der Waals surface area contributed by atoms with Gasteiger partial charge in [0.05, 0.1) is 0 Å². The zero-order valence-corrected chi connectivity index (χ0v) is 5.28. The van der Waals surface area contributed by atoms with Gasteiger partial charge in [0.1, 0.15) is 0 Å². The molecule has 0 nitrogen and oxygen atoms in total. The van der Waals surface area contributed by atoms with E-state index in [-0.39, 0.29) is 0 Å². The Hall–Kier alpha value is -0.700. The Bertz CT molecular complexity index is 104. The molecule has 0 fully saturated rings. The quantitative estimate of drug-likeness (QED) is 0.383. The van der Waals surface area contributed by atoms with Crippen LogP contribution >= 0.6 is 0 Å². The molecule has 0 heteroatoms. The van der Waals surface area contributed by atoms with E-state index in [9.17, 15) is 0 Å². The Balaban J connectivity index is 2.97. The highest BCUT2D eigenvalue weighted by molar-refractivity contribution is 4.89. The predicted octanol–water partition coefficient (Wildman–Crippen LogP) is 2.17. The van der Waals surface area contributed by atoms with Gasteiger partial charge in [0.25, 0.3) is 0 Å². The molecule has 0 aromatic heterocycles. The summed E-state index contributed by atoms with van der Waals surface area (Å²) in [4.78, 5) is 0. The first-order chi connectivity index (χ1) is 3.77. The molecule has 0 rings (SSSR count). The van der Waals surface area contributed by atoms with Crippen molar-refractivity contribution in [3.8, 4) is 12.3 Å². The SMILES string of the molecule is [CH]=C(C)CCCC#C. The van der Waals surface area contributed by atoms with Crippen molar-refractivity contribution in [2.75, 3.05) is 0 Å². The molecule has 0 aliphatic rings. The third-order valence-corrected chi connectivity index (χ3v) is 0.892. The van der Waals surface area contributed by atoms with Gasteiger partial charge in [-0.15, -0.1) is 12.3 Å². The Morgan fingerprint density at radius 3 is 2.62 bits per heavy atom. The van der Waals surface area contributed by atoms with Crippen molar-refractivity contribution in [1.29, 1.82) is 0 Å². The Labute approximate surface area is 51.6 Å². The Kier molecular flexibility index (Phi) is 4.07. The lowest BCUT2D eigenvalue weighted by Gasteiger charge is -1.91. The number of hydrogen-bond donors (Lipinski definition) is 0. The highest BCUT2D eigenvalue weighted by Gasteiger charge is 1.83. The van der Waals surface area contributed by atoms with Gasteiger partial charge in [0.15, 0.2) is 0 Å². The second-order valence-electron chi connectivity index (χ2n) is 1.90. The molecule has 0 unspecified atom stereocenters. The van der Waals surface area contributed by atoms with Crippen LogP contribution in [0, 0.1) is 18.9 Å². The van der Waals surface area contributed by atoms with Crippen molar-refractivity contribution < 1.29 is 0 Å². The van der Waals surface area contributed by atoms with Crippen LogP contribution in [0.5, 0.6) is 0 Å². The van der Waals surface area contributed by atoms with Crippen LogP contribution in [-0.4, -0.2) is 0 Å². The van der Waals surface area contributed by atoms with E-state index in [0.717, 1.165) is 24.8 Å². The van der Waals surface area contributed by atoms with Crippen molar-refractivity contribution in [2.45, 2.75) is 26.2 Å². The number of allylic oxidation sites excluding steroid dienone is 1. The summed E-state index contributed by atoms with van der Waals surface area (Å²) in [7, 11) is 0. The van der Waals surface area contributed by atoms with Crippen LogP contribution < -0.4 is 0 Å². The number of unbranched alkanes of at least 4 members (excludes halogenated alkanes) is 1. The molecule has 0 bridgehead atoms. The molecule has 0 aliphatic heterocycles. The second kappa shape index (κ2) is 4.46. The van der Waals surface area contributed by atoms with Gasteiger partial charge < -0.3 is 0 Å². The van der Waals surface area contributed by atoms with Crippen LogP contribution in [0.25, 0.3) is 0 Å². The Morgan fingerprint density at radius 1 is 1.62 bits per heavy atom. The minimum atomic E-state index is 0.842. The van der Waals surface area contributed by atoms with Crippen molar-refractivity contribution in [1.82, 2.24) is 0 Å². The van der Waals surface area contributed by atoms with Crippen LogP contribution in [0.15, 0.2) is 5.57 Å². The summed E-state index contributed by atoms with van der Waals surface area (Å²) < 4.78 is 0. The lowest BCUT2D eigenvalue weighted by Crippen LogP contribution is -1.73. The number of hydrogen-bond acceptors (Lipinski definition) is 0. The average Bonchev–Trinajstić information content (AvgIpc) is 1.66. The molecule has 0 saturated carbocycles. The second-order valence-corrected chi connectivity index (χ2v) is 1.90. The molecule has 0 aromatic carbocycles. The summed E-state index contributed by atoms with van der Waals surface area (Å²) in [5.41, 5.74) is 0.972. The van der Waals surface area contributed by atoms with E-state index >= 15 is 0 Å². The molecular formula is C8H11. The maximum atomic E-state index is 5.38. The molecule has 0 saturated heterocycles. The monoisotopic (exact) mass is 107 g/mol. The summed E-state index contributed by atoms with van der Waals surface area (Å²) in [5, 5.41) is 0.